The van der Waals surface area contributed by atoms with E-state index in [4.69, 9.17) is 4.74 Å². The third-order valence-electron chi connectivity index (χ3n) is 6.73. The molecule has 0 spiro atoms. The van der Waals surface area contributed by atoms with Gasteiger partial charge in [0, 0.05) is 52.0 Å². The van der Waals surface area contributed by atoms with Crippen molar-refractivity contribution in [3.63, 3.8) is 0 Å². The molecule has 0 unspecified atom stereocenters. The number of nitrogens with zero attached hydrogens (tertiary/aromatic N) is 3. The average molecular weight is 517 g/mol. The minimum Gasteiger partial charge on any atom is -0.463 e. The lowest BCUT2D eigenvalue weighted by atomic mass is 9.93. The number of urea groups is 1. The number of piperazine rings is 1. The van der Waals surface area contributed by atoms with Gasteiger partial charge in [-0.1, -0.05) is 42.5 Å². The van der Waals surface area contributed by atoms with Gasteiger partial charge in [0.05, 0.1) is 23.8 Å². The highest BCUT2D eigenvalue weighted by molar-refractivity contribution is 5.95. The standard InChI is InChI=1S/C27H31F3N4O3/c1-3-37-25(35)23-22(18-34-15-13-33(14-16-34)17-19-7-5-4-6-8-19)32(2)26(36)31-24(23)20-9-11-21(12-10-20)27(28,29)30/h4-12,24H,3,13-18H2,1-2H3,(H,31,36)/t24-/m1/s1. The number of hydrogen-bond acceptors (Lipinski definition) is 5. The molecule has 0 aliphatic carbocycles. The van der Waals surface area contributed by atoms with Gasteiger partial charge in [-0.05, 0) is 30.2 Å². The quantitative estimate of drug-likeness (QED) is 0.563. The molecule has 2 heterocycles. The van der Waals surface area contributed by atoms with Crippen molar-refractivity contribution in [3.8, 4) is 0 Å². The summed E-state index contributed by atoms with van der Waals surface area (Å²) >= 11 is 0. The van der Waals surface area contributed by atoms with Crippen LogP contribution in [-0.2, 0) is 22.3 Å². The molecule has 2 aromatic carbocycles. The summed E-state index contributed by atoms with van der Waals surface area (Å²) < 4.78 is 44.6. The lowest BCUT2D eigenvalue weighted by molar-refractivity contribution is -0.139. The largest absolute Gasteiger partial charge is 0.463 e. The molecule has 0 radical (unpaired) electrons. The van der Waals surface area contributed by atoms with E-state index < -0.39 is 29.8 Å². The van der Waals surface area contributed by atoms with Crippen LogP contribution in [0, 0.1) is 0 Å². The van der Waals surface area contributed by atoms with Gasteiger partial charge in [-0.15, -0.1) is 0 Å². The maximum absolute atomic E-state index is 13.1. The van der Waals surface area contributed by atoms with Crippen LogP contribution in [0.5, 0.6) is 0 Å². The van der Waals surface area contributed by atoms with Crippen LogP contribution in [0.15, 0.2) is 65.9 Å². The fraction of sp³-hybridized carbons (Fsp3) is 0.407. The van der Waals surface area contributed by atoms with E-state index in [0.29, 0.717) is 17.8 Å². The molecular formula is C27H31F3N4O3. The first kappa shape index (κ1) is 26.7. The summed E-state index contributed by atoms with van der Waals surface area (Å²) in [6, 6.07) is 13.4. The number of carbonyl (C=O) groups excluding carboxylic acids is 2. The molecule has 0 aromatic heterocycles. The molecule has 1 atom stereocenters. The first-order valence-corrected chi connectivity index (χ1v) is 12.3. The molecule has 10 heteroatoms. The molecule has 1 fully saturated rings. The first-order chi connectivity index (χ1) is 17.7. The summed E-state index contributed by atoms with van der Waals surface area (Å²) in [4.78, 5) is 31.9. The van der Waals surface area contributed by atoms with Gasteiger partial charge in [-0.3, -0.25) is 14.7 Å². The van der Waals surface area contributed by atoms with E-state index in [1.807, 2.05) is 18.2 Å². The lowest BCUT2D eigenvalue weighted by Crippen LogP contribution is -2.52. The normalized spacial score (nSPS) is 19.6. The highest BCUT2D eigenvalue weighted by atomic mass is 19.4. The molecular weight excluding hydrogens is 485 g/mol. The van der Waals surface area contributed by atoms with Crippen LogP contribution in [0.25, 0.3) is 0 Å². The van der Waals surface area contributed by atoms with E-state index in [2.05, 4.69) is 27.2 Å². The van der Waals surface area contributed by atoms with Crippen LogP contribution < -0.4 is 5.32 Å². The summed E-state index contributed by atoms with van der Waals surface area (Å²) in [6.07, 6.45) is -4.48. The number of likely N-dealkylation sites (N-methyl/N-ethyl adjacent to an activating group) is 1. The van der Waals surface area contributed by atoms with Gasteiger partial charge in [0.2, 0.25) is 0 Å². The van der Waals surface area contributed by atoms with Crippen molar-refractivity contribution in [1.29, 1.82) is 0 Å². The number of benzene rings is 2. The zero-order chi connectivity index (χ0) is 26.6. The first-order valence-electron chi connectivity index (χ1n) is 12.3. The molecule has 198 valence electrons. The van der Waals surface area contributed by atoms with Gasteiger partial charge in [-0.2, -0.15) is 13.2 Å². The van der Waals surface area contributed by atoms with Crippen LogP contribution in [0.1, 0.15) is 29.7 Å². The number of alkyl halides is 3. The number of halogens is 3. The third-order valence-corrected chi connectivity index (χ3v) is 6.73. The summed E-state index contributed by atoms with van der Waals surface area (Å²) in [6.45, 7) is 6.15. The van der Waals surface area contributed by atoms with Crippen molar-refractivity contribution in [2.75, 3.05) is 46.4 Å². The lowest BCUT2D eigenvalue weighted by Gasteiger charge is -2.39. The predicted octanol–water partition coefficient (Wildman–Crippen LogP) is 4.04. The Morgan fingerprint density at radius 1 is 0.973 bits per heavy atom. The van der Waals surface area contributed by atoms with Gasteiger partial charge in [-0.25, -0.2) is 9.59 Å². The second kappa shape index (κ2) is 11.4. The van der Waals surface area contributed by atoms with E-state index in [0.717, 1.165) is 44.9 Å². The van der Waals surface area contributed by atoms with Crippen molar-refractivity contribution in [3.05, 3.63) is 82.6 Å². The molecule has 2 aromatic rings. The Bertz CT molecular complexity index is 1130. The van der Waals surface area contributed by atoms with E-state index in [9.17, 15) is 22.8 Å². The van der Waals surface area contributed by atoms with Crippen LogP contribution >= 0.6 is 0 Å². The average Bonchev–Trinajstić information content (AvgIpc) is 2.88. The van der Waals surface area contributed by atoms with E-state index >= 15 is 0 Å². The summed E-state index contributed by atoms with van der Waals surface area (Å²) in [5, 5.41) is 2.75. The Kier molecular flexibility index (Phi) is 8.19. The van der Waals surface area contributed by atoms with Crippen molar-refractivity contribution in [2.24, 2.45) is 0 Å². The fourth-order valence-corrected chi connectivity index (χ4v) is 4.67. The Labute approximate surface area is 214 Å². The third kappa shape index (κ3) is 6.31. The second-order valence-electron chi connectivity index (χ2n) is 9.18. The van der Waals surface area contributed by atoms with Crippen LogP contribution in [-0.4, -0.2) is 73.1 Å². The highest BCUT2D eigenvalue weighted by Crippen LogP contribution is 2.34. The van der Waals surface area contributed by atoms with Crippen molar-refractivity contribution < 1.29 is 27.5 Å². The number of nitrogens with one attached hydrogen (secondary N) is 1. The predicted molar refractivity (Wildman–Crippen MR) is 132 cm³/mol. The van der Waals surface area contributed by atoms with E-state index in [1.165, 1.54) is 22.6 Å². The summed E-state index contributed by atoms with van der Waals surface area (Å²) in [5.74, 6) is -0.600. The maximum atomic E-state index is 13.1. The van der Waals surface area contributed by atoms with Gasteiger partial charge >= 0.3 is 18.2 Å². The van der Waals surface area contributed by atoms with Gasteiger partial charge in [0.15, 0.2) is 0 Å². The molecule has 1 N–H and O–H groups in total. The van der Waals surface area contributed by atoms with E-state index in [1.54, 1.807) is 14.0 Å². The molecule has 2 aliphatic heterocycles. The Balaban J connectivity index is 1.57. The van der Waals surface area contributed by atoms with Crippen LogP contribution in [0.2, 0.25) is 0 Å². The molecule has 0 bridgehead atoms. The number of rotatable bonds is 7. The maximum Gasteiger partial charge on any atom is 0.416 e. The second-order valence-corrected chi connectivity index (χ2v) is 9.18. The number of ether oxygens (including phenoxy) is 1. The van der Waals surface area contributed by atoms with Crippen molar-refractivity contribution in [2.45, 2.75) is 25.7 Å². The summed E-state index contributed by atoms with van der Waals surface area (Å²) in [5.41, 5.74) is 1.54. The SMILES string of the molecule is CCOC(=O)C1=C(CN2CCN(Cc3ccccc3)CC2)N(C)C(=O)N[C@@H]1c1ccc(C(F)(F)F)cc1. The Morgan fingerprint density at radius 2 is 1.57 bits per heavy atom. The van der Waals surface area contributed by atoms with Crippen molar-refractivity contribution >= 4 is 12.0 Å². The highest BCUT2D eigenvalue weighted by Gasteiger charge is 2.38. The molecule has 2 amide bonds. The number of carbonyl (C=O) groups is 2. The zero-order valence-corrected chi connectivity index (χ0v) is 20.9. The number of esters is 1. The Morgan fingerprint density at radius 3 is 2.14 bits per heavy atom. The van der Waals surface area contributed by atoms with Gasteiger partial charge in [0.25, 0.3) is 0 Å². The number of amides is 2. The zero-order valence-electron chi connectivity index (χ0n) is 20.9. The van der Waals surface area contributed by atoms with Gasteiger partial charge in [0.1, 0.15) is 0 Å². The van der Waals surface area contributed by atoms with Crippen molar-refractivity contribution in [1.82, 2.24) is 20.0 Å². The minimum atomic E-state index is -4.48. The molecule has 2 aliphatic rings. The minimum absolute atomic E-state index is 0.130. The molecule has 1 saturated heterocycles. The molecule has 7 nitrogen and oxygen atoms in total. The topological polar surface area (TPSA) is 65.1 Å². The smallest absolute Gasteiger partial charge is 0.416 e. The van der Waals surface area contributed by atoms with Crippen LogP contribution in [0.3, 0.4) is 0 Å². The van der Waals surface area contributed by atoms with Gasteiger partial charge < -0.3 is 10.1 Å². The fourth-order valence-electron chi connectivity index (χ4n) is 4.67. The molecule has 0 saturated carbocycles. The Hall–Kier alpha value is -3.37. The monoisotopic (exact) mass is 516 g/mol. The van der Waals surface area contributed by atoms with Crippen LogP contribution in [0.4, 0.5) is 18.0 Å². The summed E-state index contributed by atoms with van der Waals surface area (Å²) in [7, 11) is 1.58. The number of hydrogen-bond donors (Lipinski definition) is 1. The molecule has 4 rings (SSSR count). The molecule has 37 heavy (non-hydrogen) atoms. The van der Waals surface area contributed by atoms with E-state index in [-0.39, 0.29) is 12.2 Å².